The number of nitrogens with one attached hydrogen (secondary N) is 1. The predicted octanol–water partition coefficient (Wildman–Crippen LogP) is 5.87. The number of thiophene rings is 1. The number of aryl methyl sites for hydroxylation is 1. The topological polar surface area (TPSA) is 78.8 Å². The second kappa shape index (κ2) is 10.9. The molecule has 0 fully saturated rings. The zero-order chi connectivity index (χ0) is 24.8. The Morgan fingerprint density at radius 2 is 1.77 bits per heavy atom. The van der Waals surface area contributed by atoms with Crippen molar-refractivity contribution >= 4 is 50.8 Å². The summed E-state index contributed by atoms with van der Waals surface area (Å²) in [5.74, 6) is -0.358. The van der Waals surface area contributed by atoms with Crippen LogP contribution in [0.5, 0.6) is 0 Å². The van der Waals surface area contributed by atoms with Gasteiger partial charge in [0.25, 0.3) is 15.9 Å². The van der Waals surface area contributed by atoms with Crippen molar-refractivity contribution in [2.45, 2.75) is 18.4 Å². The largest absolute Gasteiger partial charge is 0.271 e. The lowest BCUT2D eigenvalue weighted by molar-refractivity contribution is 0.0955. The summed E-state index contributed by atoms with van der Waals surface area (Å²) >= 11 is 7.73. The van der Waals surface area contributed by atoms with Gasteiger partial charge in [-0.3, -0.25) is 9.10 Å². The summed E-state index contributed by atoms with van der Waals surface area (Å²) in [7, 11) is -3.87. The number of hydrazone groups is 1. The molecule has 178 valence electrons. The van der Waals surface area contributed by atoms with Gasteiger partial charge in [-0.25, -0.2) is 13.8 Å². The fourth-order valence-corrected chi connectivity index (χ4v) is 5.66. The normalized spacial score (nSPS) is 11.5. The highest BCUT2D eigenvalue weighted by molar-refractivity contribution is 7.92. The predicted molar refractivity (Wildman–Crippen MR) is 142 cm³/mol. The molecule has 0 saturated heterocycles. The number of carbonyl (C=O) groups is 1. The standard InChI is InChI=1S/C26H22ClN3O3S2/c1-19-9-14-22(27)16-25(19)30(35(32,33)24-7-3-2-4-8-24)18-20-10-12-21(13-11-20)26(31)29-28-17-23-6-5-15-34-23/h2-17H,18H2,1H3,(H,29,31)/b28-17-. The van der Waals surface area contributed by atoms with E-state index in [0.717, 1.165) is 10.4 Å². The van der Waals surface area contributed by atoms with Gasteiger partial charge in [-0.05, 0) is 65.9 Å². The van der Waals surface area contributed by atoms with E-state index in [-0.39, 0.29) is 17.3 Å². The molecule has 0 aliphatic carbocycles. The van der Waals surface area contributed by atoms with Crippen molar-refractivity contribution < 1.29 is 13.2 Å². The number of nitrogens with zero attached hydrogens (tertiary/aromatic N) is 2. The minimum Gasteiger partial charge on any atom is -0.267 e. The van der Waals surface area contributed by atoms with E-state index >= 15 is 0 Å². The molecule has 1 aromatic heterocycles. The molecule has 1 amide bonds. The minimum atomic E-state index is -3.87. The molecule has 0 spiro atoms. The number of hydrogen-bond acceptors (Lipinski definition) is 5. The van der Waals surface area contributed by atoms with Crippen LogP contribution in [0.1, 0.15) is 26.4 Å². The molecule has 35 heavy (non-hydrogen) atoms. The van der Waals surface area contributed by atoms with Gasteiger partial charge in [0, 0.05) is 15.5 Å². The van der Waals surface area contributed by atoms with Crippen LogP contribution in [0.2, 0.25) is 5.02 Å². The molecule has 0 saturated carbocycles. The van der Waals surface area contributed by atoms with Gasteiger partial charge in [0.1, 0.15) is 0 Å². The second-order valence-electron chi connectivity index (χ2n) is 7.67. The molecule has 0 bridgehead atoms. The summed E-state index contributed by atoms with van der Waals surface area (Å²) in [5, 5.41) is 6.33. The molecular formula is C26H22ClN3O3S2. The smallest absolute Gasteiger partial charge is 0.267 e. The molecule has 1 heterocycles. The fraction of sp³-hybridized carbons (Fsp3) is 0.0769. The Bertz CT molecular complexity index is 1440. The minimum absolute atomic E-state index is 0.0663. The number of benzene rings is 3. The van der Waals surface area contributed by atoms with Gasteiger partial charge in [-0.15, -0.1) is 11.3 Å². The van der Waals surface area contributed by atoms with E-state index in [1.54, 1.807) is 79.0 Å². The third-order valence-corrected chi connectivity index (χ3v) is 8.03. The summed E-state index contributed by atoms with van der Waals surface area (Å²) in [5.41, 5.74) is 4.88. The van der Waals surface area contributed by atoms with E-state index in [9.17, 15) is 13.2 Å². The highest BCUT2D eigenvalue weighted by atomic mass is 35.5. The van der Waals surface area contributed by atoms with Crippen molar-refractivity contribution in [1.82, 2.24) is 5.43 Å². The van der Waals surface area contributed by atoms with E-state index in [2.05, 4.69) is 10.5 Å². The maximum atomic E-state index is 13.6. The van der Waals surface area contributed by atoms with Crippen molar-refractivity contribution in [3.8, 4) is 0 Å². The number of amides is 1. The van der Waals surface area contributed by atoms with E-state index in [1.165, 1.54) is 15.6 Å². The Morgan fingerprint density at radius 3 is 2.46 bits per heavy atom. The summed E-state index contributed by atoms with van der Waals surface area (Å²) in [6.07, 6.45) is 1.58. The van der Waals surface area contributed by atoms with E-state index in [0.29, 0.717) is 21.8 Å². The molecule has 0 unspecified atom stereocenters. The molecule has 6 nitrogen and oxygen atoms in total. The van der Waals surface area contributed by atoms with Crippen LogP contribution in [-0.4, -0.2) is 20.5 Å². The lowest BCUT2D eigenvalue weighted by Gasteiger charge is -2.26. The first-order valence-corrected chi connectivity index (χ1v) is 13.3. The summed E-state index contributed by atoms with van der Waals surface area (Å²) in [4.78, 5) is 13.5. The maximum absolute atomic E-state index is 13.6. The van der Waals surface area contributed by atoms with Crippen molar-refractivity contribution in [2.75, 3.05) is 4.31 Å². The van der Waals surface area contributed by atoms with Crippen LogP contribution in [0.15, 0.2) is 100 Å². The fourth-order valence-electron chi connectivity index (χ4n) is 3.38. The lowest BCUT2D eigenvalue weighted by Crippen LogP contribution is -2.31. The van der Waals surface area contributed by atoms with Crippen LogP contribution in [0, 0.1) is 6.92 Å². The van der Waals surface area contributed by atoms with Crippen molar-refractivity contribution in [3.63, 3.8) is 0 Å². The van der Waals surface area contributed by atoms with Gasteiger partial charge < -0.3 is 0 Å². The Kier molecular flexibility index (Phi) is 7.65. The van der Waals surface area contributed by atoms with Crippen LogP contribution >= 0.6 is 22.9 Å². The molecule has 0 aliphatic heterocycles. The second-order valence-corrected chi connectivity index (χ2v) is 10.9. The molecule has 4 aromatic rings. The summed E-state index contributed by atoms with van der Waals surface area (Å²) in [6, 6.07) is 24.0. The van der Waals surface area contributed by atoms with Gasteiger partial charge in [-0.1, -0.05) is 54.1 Å². The molecule has 1 N–H and O–H groups in total. The summed E-state index contributed by atoms with van der Waals surface area (Å²) in [6.45, 7) is 1.90. The average Bonchev–Trinajstić information content (AvgIpc) is 3.38. The third-order valence-electron chi connectivity index (χ3n) is 5.21. The SMILES string of the molecule is Cc1ccc(Cl)cc1N(Cc1ccc(C(=O)N/N=C\c2cccs2)cc1)S(=O)(=O)c1ccccc1. The number of hydrogen-bond donors (Lipinski definition) is 1. The van der Waals surface area contributed by atoms with Crippen molar-refractivity contribution in [3.05, 3.63) is 117 Å². The number of anilines is 1. The molecule has 0 radical (unpaired) electrons. The van der Waals surface area contributed by atoms with Crippen LogP contribution < -0.4 is 9.73 Å². The van der Waals surface area contributed by atoms with Gasteiger partial charge >= 0.3 is 0 Å². The molecule has 9 heteroatoms. The zero-order valence-corrected chi connectivity index (χ0v) is 21.1. The summed E-state index contributed by atoms with van der Waals surface area (Å²) < 4.78 is 28.5. The number of sulfonamides is 1. The van der Waals surface area contributed by atoms with Crippen LogP contribution in [0.25, 0.3) is 0 Å². The van der Waals surface area contributed by atoms with Crippen molar-refractivity contribution in [2.24, 2.45) is 5.10 Å². The first kappa shape index (κ1) is 24.7. The zero-order valence-electron chi connectivity index (χ0n) is 18.8. The Morgan fingerprint density at radius 1 is 1.03 bits per heavy atom. The lowest BCUT2D eigenvalue weighted by atomic mass is 10.1. The Balaban J connectivity index is 1.59. The first-order chi connectivity index (χ1) is 16.8. The van der Waals surface area contributed by atoms with Crippen molar-refractivity contribution in [1.29, 1.82) is 0 Å². The number of halogens is 1. The highest BCUT2D eigenvalue weighted by Gasteiger charge is 2.26. The maximum Gasteiger partial charge on any atom is 0.271 e. The monoisotopic (exact) mass is 523 g/mol. The van der Waals surface area contributed by atoms with Crippen LogP contribution in [0.3, 0.4) is 0 Å². The molecule has 3 aromatic carbocycles. The van der Waals surface area contributed by atoms with E-state index in [1.807, 2.05) is 24.4 Å². The quantitative estimate of drug-likeness (QED) is 0.232. The number of rotatable bonds is 8. The third kappa shape index (κ3) is 5.97. The molecule has 0 aliphatic rings. The van der Waals surface area contributed by atoms with Crippen LogP contribution in [0.4, 0.5) is 5.69 Å². The Labute approximate surface area is 213 Å². The van der Waals surface area contributed by atoms with Gasteiger partial charge in [0.05, 0.1) is 23.3 Å². The molecular weight excluding hydrogens is 502 g/mol. The van der Waals surface area contributed by atoms with Gasteiger partial charge in [0.2, 0.25) is 0 Å². The average molecular weight is 524 g/mol. The first-order valence-electron chi connectivity index (χ1n) is 10.6. The number of carbonyl (C=O) groups excluding carboxylic acids is 1. The molecule has 4 rings (SSSR count). The molecule has 0 atom stereocenters. The van der Waals surface area contributed by atoms with Gasteiger partial charge in [0.15, 0.2) is 0 Å². The van der Waals surface area contributed by atoms with E-state index in [4.69, 9.17) is 11.6 Å². The van der Waals surface area contributed by atoms with Gasteiger partial charge in [-0.2, -0.15) is 5.10 Å². The highest BCUT2D eigenvalue weighted by Crippen LogP contribution is 2.31. The Hall–Kier alpha value is -3.46. The van der Waals surface area contributed by atoms with E-state index < -0.39 is 10.0 Å². The van der Waals surface area contributed by atoms with Crippen LogP contribution in [-0.2, 0) is 16.6 Å².